The second kappa shape index (κ2) is 6.22. The van der Waals surface area contributed by atoms with Crippen molar-refractivity contribution in [1.82, 2.24) is 9.97 Å². The summed E-state index contributed by atoms with van der Waals surface area (Å²) in [5.41, 5.74) is 2.58. The number of hydrogen-bond donors (Lipinski definition) is 1. The first-order valence-electron chi connectivity index (χ1n) is 7.16. The molecule has 1 aliphatic carbocycles. The van der Waals surface area contributed by atoms with Crippen LogP contribution in [0, 0.1) is 0 Å². The highest BCUT2D eigenvalue weighted by molar-refractivity contribution is 9.10. The van der Waals surface area contributed by atoms with E-state index >= 15 is 0 Å². The first-order chi connectivity index (χ1) is 9.78. The van der Waals surface area contributed by atoms with Crippen LogP contribution >= 0.6 is 27.3 Å². The lowest BCUT2D eigenvalue weighted by atomic mass is 10.1. The van der Waals surface area contributed by atoms with Crippen LogP contribution in [-0.2, 0) is 12.8 Å². The summed E-state index contributed by atoms with van der Waals surface area (Å²) in [6.07, 6.45) is 5.96. The maximum absolute atomic E-state index is 4.84. The predicted octanol–water partition coefficient (Wildman–Crippen LogP) is 4.67. The zero-order valence-corrected chi connectivity index (χ0v) is 14.0. The number of anilines is 1. The summed E-state index contributed by atoms with van der Waals surface area (Å²) >= 11 is 5.19. The Morgan fingerprint density at radius 1 is 1.25 bits per heavy atom. The molecule has 106 valence electrons. The lowest BCUT2D eigenvalue weighted by Crippen LogP contribution is -2.09. The molecular weight excluding hydrogens is 334 g/mol. The lowest BCUT2D eigenvalue weighted by molar-refractivity contribution is 0.709. The minimum Gasteiger partial charge on any atom is -0.370 e. The Kier molecular flexibility index (Phi) is 4.36. The van der Waals surface area contributed by atoms with Gasteiger partial charge in [-0.2, -0.15) is 0 Å². The van der Waals surface area contributed by atoms with E-state index < -0.39 is 0 Å². The maximum Gasteiger partial charge on any atom is 0.171 e. The molecule has 0 spiro atoms. The monoisotopic (exact) mass is 351 g/mol. The summed E-state index contributed by atoms with van der Waals surface area (Å²) in [7, 11) is 0. The van der Waals surface area contributed by atoms with Crippen molar-refractivity contribution in [2.75, 3.05) is 11.9 Å². The molecule has 2 aromatic rings. The third kappa shape index (κ3) is 2.88. The van der Waals surface area contributed by atoms with Gasteiger partial charge in [0, 0.05) is 27.7 Å². The van der Waals surface area contributed by atoms with Crippen molar-refractivity contribution in [2.24, 2.45) is 0 Å². The number of aromatic nitrogens is 2. The molecule has 1 N–H and O–H groups in total. The number of rotatable bonds is 3. The van der Waals surface area contributed by atoms with E-state index in [0.717, 1.165) is 40.4 Å². The highest BCUT2D eigenvalue weighted by Crippen LogP contribution is 2.31. The molecule has 2 heterocycles. The molecule has 0 unspecified atom stereocenters. The molecule has 1 aliphatic rings. The van der Waals surface area contributed by atoms with E-state index in [4.69, 9.17) is 9.97 Å². The van der Waals surface area contributed by atoms with Crippen LogP contribution in [0.15, 0.2) is 15.9 Å². The van der Waals surface area contributed by atoms with Crippen molar-refractivity contribution in [2.45, 2.75) is 39.0 Å². The zero-order chi connectivity index (χ0) is 13.9. The van der Waals surface area contributed by atoms with Crippen LogP contribution in [0.3, 0.4) is 0 Å². The fourth-order valence-corrected chi connectivity index (χ4v) is 3.99. The van der Waals surface area contributed by atoms with E-state index in [2.05, 4.69) is 39.6 Å². The van der Waals surface area contributed by atoms with Crippen molar-refractivity contribution >= 4 is 33.1 Å². The maximum atomic E-state index is 4.84. The molecule has 0 saturated carbocycles. The van der Waals surface area contributed by atoms with Gasteiger partial charge in [0.15, 0.2) is 5.82 Å². The van der Waals surface area contributed by atoms with Gasteiger partial charge < -0.3 is 5.32 Å². The molecule has 5 heteroatoms. The van der Waals surface area contributed by atoms with Gasteiger partial charge >= 0.3 is 0 Å². The topological polar surface area (TPSA) is 37.8 Å². The normalized spacial score (nSPS) is 14.7. The Morgan fingerprint density at radius 3 is 2.85 bits per heavy atom. The third-order valence-electron chi connectivity index (χ3n) is 3.57. The molecule has 0 atom stereocenters. The molecule has 0 saturated heterocycles. The van der Waals surface area contributed by atoms with E-state index in [9.17, 15) is 0 Å². The minimum atomic E-state index is 0.859. The Bertz CT molecular complexity index is 609. The summed E-state index contributed by atoms with van der Waals surface area (Å²) in [5.74, 6) is 1.90. The Labute approximate surface area is 132 Å². The van der Waals surface area contributed by atoms with Crippen molar-refractivity contribution in [3.05, 3.63) is 27.2 Å². The van der Waals surface area contributed by atoms with Crippen LogP contribution in [0.2, 0.25) is 0 Å². The highest BCUT2D eigenvalue weighted by Gasteiger charge is 2.17. The summed E-state index contributed by atoms with van der Waals surface area (Å²) in [4.78, 5) is 10.7. The largest absolute Gasteiger partial charge is 0.370 e. The van der Waals surface area contributed by atoms with Gasteiger partial charge in [0.1, 0.15) is 5.82 Å². The van der Waals surface area contributed by atoms with Gasteiger partial charge in [-0.05, 0) is 54.6 Å². The molecular formula is C15H18BrN3S. The van der Waals surface area contributed by atoms with Crippen molar-refractivity contribution in [1.29, 1.82) is 0 Å². The smallest absolute Gasteiger partial charge is 0.171 e. The predicted molar refractivity (Wildman–Crippen MR) is 88.5 cm³/mol. The third-order valence-corrected chi connectivity index (χ3v) is 5.25. The highest BCUT2D eigenvalue weighted by atomic mass is 79.9. The van der Waals surface area contributed by atoms with E-state index in [1.807, 2.05) is 0 Å². The fourth-order valence-electron chi connectivity index (χ4n) is 2.63. The Morgan fingerprint density at radius 2 is 2.10 bits per heavy atom. The number of hydrogen-bond acceptors (Lipinski definition) is 4. The summed E-state index contributed by atoms with van der Waals surface area (Å²) in [6, 6.07) is 2.10. The zero-order valence-electron chi connectivity index (χ0n) is 11.6. The molecule has 3 nitrogen and oxygen atoms in total. The van der Waals surface area contributed by atoms with Crippen LogP contribution in [0.1, 0.15) is 37.4 Å². The fraction of sp³-hybridized carbons (Fsp3) is 0.467. The van der Waals surface area contributed by atoms with Gasteiger partial charge in [-0.15, -0.1) is 11.3 Å². The molecule has 0 fully saturated rings. The van der Waals surface area contributed by atoms with Gasteiger partial charge in [0.25, 0.3) is 0 Å². The van der Waals surface area contributed by atoms with Crippen LogP contribution < -0.4 is 5.32 Å². The van der Waals surface area contributed by atoms with Gasteiger partial charge in [0.05, 0.1) is 4.88 Å². The number of thiophene rings is 1. The van der Waals surface area contributed by atoms with Crippen molar-refractivity contribution < 1.29 is 0 Å². The van der Waals surface area contributed by atoms with Crippen LogP contribution in [0.4, 0.5) is 5.82 Å². The van der Waals surface area contributed by atoms with Crippen molar-refractivity contribution in [3.63, 3.8) is 0 Å². The molecule has 0 radical (unpaired) electrons. The SMILES string of the molecule is CCNc1nc(-c2cc(Br)cs2)nc2c1CCCCC2. The quantitative estimate of drug-likeness (QED) is 0.816. The number of aryl methyl sites for hydroxylation is 1. The lowest BCUT2D eigenvalue weighted by Gasteiger charge is -2.13. The second-order valence-corrected chi connectivity index (χ2v) is 6.87. The molecule has 0 aliphatic heterocycles. The molecule has 0 amide bonds. The van der Waals surface area contributed by atoms with E-state index in [-0.39, 0.29) is 0 Å². The minimum absolute atomic E-state index is 0.859. The molecule has 3 rings (SSSR count). The molecule has 20 heavy (non-hydrogen) atoms. The van der Waals surface area contributed by atoms with E-state index in [0.29, 0.717) is 0 Å². The van der Waals surface area contributed by atoms with Crippen LogP contribution in [0.25, 0.3) is 10.7 Å². The number of fused-ring (bicyclic) bond motifs is 1. The summed E-state index contributed by atoms with van der Waals surface area (Å²) in [6.45, 7) is 3.02. The summed E-state index contributed by atoms with van der Waals surface area (Å²) in [5, 5.41) is 5.50. The number of nitrogens with zero attached hydrogens (tertiary/aromatic N) is 2. The first-order valence-corrected chi connectivity index (χ1v) is 8.83. The van der Waals surface area contributed by atoms with Gasteiger partial charge in [-0.25, -0.2) is 9.97 Å². The van der Waals surface area contributed by atoms with Crippen LogP contribution in [-0.4, -0.2) is 16.5 Å². The van der Waals surface area contributed by atoms with Gasteiger partial charge in [-0.3, -0.25) is 0 Å². The average molecular weight is 352 g/mol. The van der Waals surface area contributed by atoms with E-state index in [1.54, 1.807) is 11.3 Å². The van der Waals surface area contributed by atoms with E-state index in [1.165, 1.54) is 30.5 Å². The van der Waals surface area contributed by atoms with Crippen molar-refractivity contribution in [3.8, 4) is 10.7 Å². The Balaban J connectivity index is 2.08. The number of halogens is 1. The Hall–Kier alpha value is -0.940. The molecule has 0 bridgehead atoms. The molecule has 2 aromatic heterocycles. The standard InChI is InChI=1S/C15H18BrN3S/c1-2-17-14-11-6-4-3-5-7-12(11)18-15(19-14)13-8-10(16)9-20-13/h8-9H,2-7H2,1H3,(H,17,18,19). The average Bonchev–Trinajstić information content (AvgIpc) is 2.73. The number of nitrogens with one attached hydrogen (secondary N) is 1. The summed E-state index contributed by atoms with van der Waals surface area (Å²) < 4.78 is 1.10. The van der Waals surface area contributed by atoms with Crippen LogP contribution in [0.5, 0.6) is 0 Å². The second-order valence-electron chi connectivity index (χ2n) is 5.04. The van der Waals surface area contributed by atoms with Gasteiger partial charge in [0.2, 0.25) is 0 Å². The van der Waals surface area contributed by atoms with Gasteiger partial charge in [-0.1, -0.05) is 6.42 Å². The molecule has 0 aromatic carbocycles. The first kappa shape index (κ1) is 14.0.